The Morgan fingerprint density at radius 3 is 1.73 bits per heavy atom. The SMILES string of the molecule is O=C1N[C@H](Cc2ccoc2)[C@H](O)[C@@H](O)[C@@H](Cc2ccoc2)N1. The minimum atomic E-state index is -1.09. The zero-order valence-electron chi connectivity index (χ0n) is 11.8. The van der Waals surface area contributed by atoms with Gasteiger partial charge >= 0.3 is 6.03 Å². The average Bonchev–Trinajstić information content (AvgIpc) is 3.16. The van der Waals surface area contributed by atoms with Crippen LogP contribution in [0.1, 0.15) is 11.1 Å². The molecule has 1 aliphatic heterocycles. The number of amides is 2. The normalized spacial score (nSPS) is 28.7. The van der Waals surface area contributed by atoms with Crippen molar-refractivity contribution in [1.29, 1.82) is 0 Å². The predicted octanol–water partition coefficient (Wildman–Crippen LogP) is 0.430. The maximum atomic E-state index is 12.0. The van der Waals surface area contributed by atoms with Crippen LogP contribution in [0.2, 0.25) is 0 Å². The number of carbonyl (C=O) groups is 1. The summed E-state index contributed by atoms with van der Waals surface area (Å²) in [5.41, 5.74) is 1.68. The van der Waals surface area contributed by atoms with Crippen molar-refractivity contribution in [2.45, 2.75) is 37.1 Å². The number of hydrogen-bond acceptors (Lipinski definition) is 5. The van der Waals surface area contributed by atoms with E-state index in [2.05, 4.69) is 10.6 Å². The molecule has 4 atom stereocenters. The van der Waals surface area contributed by atoms with Crippen LogP contribution in [-0.4, -0.2) is 40.5 Å². The van der Waals surface area contributed by atoms with Crippen LogP contribution in [-0.2, 0) is 12.8 Å². The molecule has 7 nitrogen and oxygen atoms in total. The third-order valence-corrected chi connectivity index (χ3v) is 3.88. The second-order valence-electron chi connectivity index (χ2n) is 5.48. The summed E-state index contributed by atoms with van der Waals surface area (Å²) in [6, 6.07) is 1.90. The van der Waals surface area contributed by atoms with Crippen molar-refractivity contribution < 1.29 is 23.8 Å². The molecule has 1 saturated heterocycles. The van der Waals surface area contributed by atoms with Crippen molar-refractivity contribution in [2.75, 3.05) is 0 Å². The first-order valence-electron chi connectivity index (χ1n) is 7.09. The lowest BCUT2D eigenvalue weighted by Crippen LogP contribution is -2.49. The van der Waals surface area contributed by atoms with Gasteiger partial charge in [-0.25, -0.2) is 4.79 Å². The molecule has 0 radical (unpaired) electrons. The van der Waals surface area contributed by atoms with E-state index < -0.39 is 30.3 Å². The number of aliphatic hydroxyl groups is 2. The molecule has 0 spiro atoms. The van der Waals surface area contributed by atoms with Gasteiger partial charge in [-0.1, -0.05) is 0 Å². The molecule has 118 valence electrons. The van der Waals surface area contributed by atoms with Crippen LogP contribution in [0.3, 0.4) is 0 Å². The van der Waals surface area contributed by atoms with Crippen molar-refractivity contribution in [3.8, 4) is 0 Å². The quantitative estimate of drug-likeness (QED) is 0.655. The number of furan rings is 2. The average molecular weight is 306 g/mol. The summed E-state index contributed by atoms with van der Waals surface area (Å²) in [6.07, 6.45) is 4.71. The van der Waals surface area contributed by atoms with E-state index in [1.165, 1.54) is 12.5 Å². The van der Waals surface area contributed by atoms with Crippen molar-refractivity contribution in [1.82, 2.24) is 10.6 Å². The van der Waals surface area contributed by atoms with Crippen LogP contribution in [0, 0.1) is 0 Å². The maximum Gasteiger partial charge on any atom is 0.315 e. The van der Waals surface area contributed by atoms with Gasteiger partial charge in [0.25, 0.3) is 0 Å². The van der Waals surface area contributed by atoms with E-state index in [9.17, 15) is 15.0 Å². The monoisotopic (exact) mass is 306 g/mol. The first kappa shape index (κ1) is 14.7. The molecule has 1 aliphatic rings. The summed E-state index contributed by atoms with van der Waals surface area (Å²) >= 11 is 0. The minimum Gasteiger partial charge on any atom is -0.472 e. The van der Waals surface area contributed by atoms with Gasteiger partial charge in [-0.05, 0) is 36.1 Å². The van der Waals surface area contributed by atoms with Crippen molar-refractivity contribution in [3.05, 3.63) is 48.3 Å². The molecule has 0 saturated carbocycles. The lowest BCUT2D eigenvalue weighted by atomic mass is 9.93. The molecule has 4 N–H and O–H groups in total. The minimum absolute atomic E-state index is 0.376. The molecule has 2 aromatic heterocycles. The third kappa shape index (κ3) is 3.15. The van der Waals surface area contributed by atoms with Gasteiger partial charge in [0.2, 0.25) is 0 Å². The fourth-order valence-electron chi connectivity index (χ4n) is 2.69. The van der Waals surface area contributed by atoms with Gasteiger partial charge in [0.15, 0.2) is 0 Å². The molecule has 0 bridgehead atoms. The zero-order chi connectivity index (χ0) is 15.5. The highest BCUT2D eigenvalue weighted by Crippen LogP contribution is 2.17. The maximum absolute atomic E-state index is 12.0. The second-order valence-corrected chi connectivity index (χ2v) is 5.48. The van der Waals surface area contributed by atoms with Gasteiger partial charge in [0.05, 0.1) is 37.1 Å². The lowest BCUT2D eigenvalue weighted by molar-refractivity contribution is -0.0116. The van der Waals surface area contributed by atoms with Crippen LogP contribution < -0.4 is 10.6 Å². The van der Waals surface area contributed by atoms with E-state index >= 15 is 0 Å². The number of rotatable bonds is 4. The molecule has 3 rings (SSSR count). The number of urea groups is 1. The van der Waals surface area contributed by atoms with Crippen LogP contribution >= 0.6 is 0 Å². The molecular weight excluding hydrogens is 288 g/mol. The Hall–Kier alpha value is -2.25. The van der Waals surface area contributed by atoms with Crippen molar-refractivity contribution in [3.63, 3.8) is 0 Å². The van der Waals surface area contributed by atoms with E-state index in [4.69, 9.17) is 8.83 Å². The highest BCUT2D eigenvalue weighted by molar-refractivity contribution is 5.75. The summed E-state index contributed by atoms with van der Waals surface area (Å²) in [7, 11) is 0. The molecule has 22 heavy (non-hydrogen) atoms. The first-order chi connectivity index (χ1) is 10.6. The molecule has 0 aliphatic carbocycles. The summed E-state index contributed by atoms with van der Waals surface area (Å²) < 4.78 is 9.97. The molecule has 2 aromatic rings. The fourth-order valence-corrected chi connectivity index (χ4v) is 2.69. The Morgan fingerprint density at radius 2 is 1.36 bits per heavy atom. The summed E-state index contributed by atoms with van der Waals surface area (Å²) in [6.45, 7) is 0. The van der Waals surface area contributed by atoms with Crippen LogP contribution in [0.5, 0.6) is 0 Å². The van der Waals surface area contributed by atoms with Crippen LogP contribution in [0.15, 0.2) is 46.0 Å². The molecule has 1 fully saturated rings. The van der Waals surface area contributed by atoms with E-state index in [1.807, 2.05) is 0 Å². The van der Waals surface area contributed by atoms with E-state index in [-0.39, 0.29) is 0 Å². The topological polar surface area (TPSA) is 108 Å². The van der Waals surface area contributed by atoms with E-state index in [0.29, 0.717) is 12.8 Å². The zero-order valence-corrected chi connectivity index (χ0v) is 11.8. The van der Waals surface area contributed by atoms with E-state index in [1.54, 1.807) is 24.7 Å². The Morgan fingerprint density at radius 1 is 0.909 bits per heavy atom. The highest BCUT2D eigenvalue weighted by atomic mass is 16.3. The number of aliphatic hydroxyl groups excluding tert-OH is 2. The van der Waals surface area contributed by atoms with Crippen molar-refractivity contribution >= 4 is 6.03 Å². The van der Waals surface area contributed by atoms with Gasteiger partial charge in [-0.15, -0.1) is 0 Å². The Kier molecular flexibility index (Phi) is 4.17. The Labute approximate surface area is 126 Å². The first-order valence-corrected chi connectivity index (χ1v) is 7.09. The summed E-state index contributed by atoms with van der Waals surface area (Å²) in [5, 5.41) is 26.1. The number of nitrogens with one attached hydrogen (secondary N) is 2. The van der Waals surface area contributed by atoms with Crippen molar-refractivity contribution in [2.24, 2.45) is 0 Å². The van der Waals surface area contributed by atoms with E-state index in [0.717, 1.165) is 11.1 Å². The molecular formula is C15H18N2O5. The van der Waals surface area contributed by atoms with Gasteiger partial charge in [0.1, 0.15) is 12.2 Å². The molecule has 3 heterocycles. The van der Waals surface area contributed by atoms with Gasteiger partial charge in [0, 0.05) is 0 Å². The largest absolute Gasteiger partial charge is 0.472 e. The standard InChI is InChI=1S/C15H18N2O5/c18-13-11(5-9-1-3-21-7-9)16-15(20)17-12(14(13)19)6-10-2-4-22-8-10/h1-4,7-8,11-14,18-19H,5-6H2,(H2,16,17,20)/t11-,12-,13+,14+/m1/s1. The third-order valence-electron chi connectivity index (χ3n) is 3.88. The molecule has 2 amide bonds. The Bertz CT molecular complexity index is 543. The summed E-state index contributed by atoms with van der Waals surface area (Å²) in [4.78, 5) is 12.0. The predicted molar refractivity (Wildman–Crippen MR) is 76.1 cm³/mol. The fraction of sp³-hybridized carbons (Fsp3) is 0.400. The smallest absolute Gasteiger partial charge is 0.315 e. The lowest BCUT2D eigenvalue weighted by Gasteiger charge is -2.26. The molecule has 0 aromatic carbocycles. The van der Waals surface area contributed by atoms with Gasteiger partial charge in [-0.3, -0.25) is 0 Å². The van der Waals surface area contributed by atoms with Gasteiger partial charge < -0.3 is 29.7 Å². The number of carbonyl (C=O) groups excluding carboxylic acids is 1. The summed E-state index contributed by atoms with van der Waals surface area (Å²) in [5.74, 6) is 0. The highest BCUT2D eigenvalue weighted by Gasteiger charge is 2.37. The number of hydrogen-bond donors (Lipinski definition) is 4. The van der Waals surface area contributed by atoms with Crippen LogP contribution in [0.4, 0.5) is 4.79 Å². The van der Waals surface area contributed by atoms with Gasteiger partial charge in [-0.2, -0.15) is 0 Å². The Balaban J connectivity index is 1.73. The van der Waals surface area contributed by atoms with Crippen LogP contribution in [0.25, 0.3) is 0 Å². The second kappa shape index (κ2) is 6.25. The molecule has 0 unspecified atom stereocenters. The molecule has 7 heteroatoms.